The van der Waals surface area contributed by atoms with E-state index in [1.165, 1.54) is 0 Å². The summed E-state index contributed by atoms with van der Waals surface area (Å²) >= 11 is 14.0. The first-order valence-electron chi connectivity index (χ1n) is 7.54. The molecular formula is C18H16Cl2N2O2S. The molecule has 4 nitrogen and oxygen atoms in total. The Labute approximate surface area is 160 Å². The number of benzene rings is 2. The number of nitrogens with one attached hydrogen (secondary N) is 1. The number of aromatic nitrogens is 1. The summed E-state index contributed by atoms with van der Waals surface area (Å²) in [6, 6.07) is 11.1. The Morgan fingerprint density at radius 3 is 2.56 bits per heavy atom. The number of thiazole rings is 1. The Hall–Kier alpha value is -1.95. The number of hydrogen-bond acceptors (Lipinski definition) is 5. The van der Waals surface area contributed by atoms with Crippen LogP contribution in [0.25, 0.3) is 0 Å². The quantitative estimate of drug-likeness (QED) is 0.562. The molecule has 130 valence electrons. The van der Waals surface area contributed by atoms with E-state index in [1.54, 1.807) is 42.8 Å². The van der Waals surface area contributed by atoms with Crippen LogP contribution >= 0.6 is 34.5 Å². The van der Waals surface area contributed by atoms with Crippen molar-refractivity contribution < 1.29 is 9.47 Å². The van der Waals surface area contributed by atoms with Gasteiger partial charge in [0.25, 0.3) is 0 Å². The van der Waals surface area contributed by atoms with Crippen LogP contribution in [0, 0.1) is 0 Å². The van der Waals surface area contributed by atoms with Crippen molar-refractivity contribution in [2.45, 2.75) is 13.2 Å². The molecule has 0 aliphatic heterocycles. The van der Waals surface area contributed by atoms with Crippen molar-refractivity contribution in [3.63, 3.8) is 0 Å². The topological polar surface area (TPSA) is 43.4 Å². The van der Waals surface area contributed by atoms with Gasteiger partial charge in [0.05, 0.1) is 7.11 Å². The van der Waals surface area contributed by atoms with Gasteiger partial charge >= 0.3 is 0 Å². The summed E-state index contributed by atoms with van der Waals surface area (Å²) in [4.78, 5) is 4.22. The lowest BCUT2D eigenvalue weighted by atomic mass is 10.1. The van der Waals surface area contributed by atoms with E-state index in [4.69, 9.17) is 32.7 Å². The van der Waals surface area contributed by atoms with Crippen LogP contribution in [0.15, 0.2) is 48.0 Å². The molecule has 0 atom stereocenters. The molecule has 0 saturated heterocycles. The van der Waals surface area contributed by atoms with Crippen LogP contribution < -0.4 is 14.8 Å². The number of halogens is 2. The molecule has 0 saturated carbocycles. The summed E-state index contributed by atoms with van der Waals surface area (Å²) in [7, 11) is 1.61. The molecule has 2 aromatic carbocycles. The largest absolute Gasteiger partial charge is 0.493 e. The highest BCUT2D eigenvalue weighted by atomic mass is 35.5. The summed E-state index contributed by atoms with van der Waals surface area (Å²) in [5, 5.41) is 7.19. The van der Waals surface area contributed by atoms with Gasteiger partial charge in [0.15, 0.2) is 16.6 Å². The number of ether oxygens (including phenoxy) is 2. The van der Waals surface area contributed by atoms with E-state index in [9.17, 15) is 0 Å². The highest BCUT2D eigenvalue weighted by Crippen LogP contribution is 2.34. The van der Waals surface area contributed by atoms with Crippen LogP contribution in [0.5, 0.6) is 11.5 Å². The molecule has 0 amide bonds. The Balaban J connectivity index is 1.81. The average Bonchev–Trinajstić information content (AvgIpc) is 3.13. The Kier molecular flexibility index (Phi) is 6.02. The number of para-hydroxylation sites is 1. The lowest BCUT2D eigenvalue weighted by Crippen LogP contribution is -2.05. The summed E-state index contributed by atoms with van der Waals surface area (Å²) in [6.07, 6.45) is 1.76. The zero-order valence-corrected chi connectivity index (χ0v) is 15.8. The van der Waals surface area contributed by atoms with Gasteiger partial charge in [-0.15, -0.1) is 11.3 Å². The third-order valence-corrected chi connectivity index (χ3v) is 5.00. The van der Waals surface area contributed by atoms with Crippen LogP contribution in [0.1, 0.15) is 11.1 Å². The fraction of sp³-hybridized carbons (Fsp3) is 0.167. The van der Waals surface area contributed by atoms with E-state index in [-0.39, 0.29) is 6.61 Å². The first-order valence-corrected chi connectivity index (χ1v) is 9.17. The van der Waals surface area contributed by atoms with E-state index < -0.39 is 0 Å². The molecular weight excluding hydrogens is 379 g/mol. The zero-order valence-electron chi connectivity index (χ0n) is 13.5. The van der Waals surface area contributed by atoms with Gasteiger partial charge in [0.1, 0.15) is 6.61 Å². The van der Waals surface area contributed by atoms with E-state index in [1.807, 2.05) is 23.6 Å². The predicted molar refractivity (Wildman–Crippen MR) is 103 cm³/mol. The molecule has 7 heteroatoms. The van der Waals surface area contributed by atoms with Gasteiger partial charge in [-0.2, -0.15) is 0 Å². The van der Waals surface area contributed by atoms with Crippen LogP contribution in [-0.4, -0.2) is 12.1 Å². The van der Waals surface area contributed by atoms with E-state index in [0.29, 0.717) is 28.1 Å². The fourth-order valence-electron chi connectivity index (χ4n) is 2.32. The molecule has 3 rings (SSSR count). The van der Waals surface area contributed by atoms with Crippen LogP contribution in [-0.2, 0) is 13.2 Å². The van der Waals surface area contributed by atoms with Crippen molar-refractivity contribution in [2.24, 2.45) is 0 Å². The zero-order chi connectivity index (χ0) is 17.6. The fourth-order valence-corrected chi connectivity index (χ4v) is 3.36. The van der Waals surface area contributed by atoms with Crippen molar-refractivity contribution in [3.05, 3.63) is 69.1 Å². The number of nitrogens with zero attached hydrogens (tertiary/aromatic N) is 1. The maximum Gasteiger partial charge on any atom is 0.182 e. The van der Waals surface area contributed by atoms with Crippen molar-refractivity contribution in [1.29, 1.82) is 0 Å². The van der Waals surface area contributed by atoms with E-state index in [0.717, 1.165) is 16.3 Å². The van der Waals surface area contributed by atoms with E-state index in [2.05, 4.69) is 10.3 Å². The minimum atomic E-state index is 0.253. The van der Waals surface area contributed by atoms with Gasteiger partial charge in [0.2, 0.25) is 0 Å². The maximum absolute atomic E-state index is 6.22. The smallest absolute Gasteiger partial charge is 0.182 e. The minimum Gasteiger partial charge on any atom is -0.493 e. The predicted octanol–water partition coefficient (Wildman–Crippen LogP) is 5.65. The number of methoxy groups -OCH3 is 1. The third-order valence-electron chi connectivity index (χ3n) is 3.57. The Morgan fingerprint density at radius 1 is 1.12 bits per heavy atom. The molecule has 0 spiro atoms. The summed E-state index contributed by atoms with van der Waals surface area (Å²) in [6.45, 7) is 0.819. The number of hydrogen-bond donors (Lipinski definition) is 1. The molecule has 0 radical (unpaired) electrons. The molecule has 0 fully saturated rings. The van der Waals surface area contributed by atoms with Crippen molar-refractivity contribution in [3.8, 4) is 11.5 Å². The summed E-state index contributed by atoms with van der Waals surface area (Å²) in [5.74, 6) is 1.31. The molecule has 1 aromatic heterocycles. The Morgan fingerprint density at radius 2 is 1.88 bits per heavy atom. The minimum absolute atomic E-state index is 0.253. The second-order valence-corrected chi connectivity index (χ2v) is 6.84. The third kappa shape index (κ3) is 4.37. The van der Waals surface area contributed by atoms with Crippen LogP contribution in [0.4, 0.5) is 5.13 Å². The highest BCUT2D eigenvalue weighted by Gasteiger charge is 2.13. The average molecular weight is 395 g/mol. The van der Waals surface area contributed by atoms with Gasteiger partial charge in [-0.3, -0.25) is 0 Å². The SMILES string of the molecule is COc1cccc(CNc2nccs2)c1OCc1c(Cl)cccc1Cl. The molecule has 25 heavy (non-hydrogen) atoms. The van der Waals surface area contributed by atoms with Gasteiger partial charge < -0.3 is 14.8 Å². The first kappa shape index (κ1) is 17.9. The van der Waals surface area contributed by atoms with Crippen molar-refractivity contribution >= 4 is 39.7 Å². The van der Waals surface area contributed by atoms with Gasteiger partial charge in [0, 0.05) is 39.3 Å². The van der Waals surface area contributed by atoms with Crippen LogP contribution in [0.3, 0.4) is 0 Å². The molecule has 0 bridgehead atoms. The molecule has 1 heterocycles. The second-order valence-electron chi connectivity index (χ2n) is 5.13. The Bertz CT molecular complexity index is 821. The maximum atomic E-state index is 6.22. The standard InChI is InChI=1S/C18H16Cl2N2O2S/c1-23-16-7-2-4-12(10-22-18-21-8-9-25-18)17(16)24-11-13-14(19)5-3-6-15(13)20/h2-9H,10-11H2,1H3,(H,21,22). The van der Waals surface area contributed by atoms with Gasteiger partial charge in [-0.05, 0) is 18.2 Å². The molecule has 0 unspecified atom stereocenters. The van der Waals surface area contributed by atoms with E-state index >= 15 is 0 Å². The number of rotatable bonds is 7. The van der Waals surface area contributed by atoms with Gasteiger partial charge in [-0.25, -0.2) is 4.98 Å². The van der Waals surface area contributed by atoms with Crippen molar-refractivity contribution in [1.82, 2.24) is 4.98 Å². The molecule has 0 aliphatic carbocycles. The molecule has 3 aromatic rings. The summed E-state index contributed by atoms with van der Waals surface area (Å²) in [5.41, 5.74) is 1.70. The lowest BCUT2D eigenvalue weighted by molar-refractivity contribution is 0.282. The number of anilines is 1. The van der Waals surface area contributed by atoms with Gasteiger partial charge in [-0.1, -0.05) is 41.4 Å². The summed E-state index contributed by atoms with van der Waals surface area (Å²) < 4.78 is 11.5. The first-order chi connectivity index (χ1) is 12.2. The normalized spacial score (nSPS) is 10.5. The lowest BCUT2D eigenvalue weighted by Gasteiger charge is -2.16. The highest BCUT2D eigenvalue weighted by molar-refractivity contribution is 7.13. The second kappa shape index (κ2) is 8.43. The van der Waals surface area contributed by atoms with Crippen molar-refractivity contribution in [2.75, 3.05) is 12.4 Å². The van der Waals surface area contributed by atoms with Crippen LogP contribution in [0.2, 0.25) is 10.0 Å². The molecule has 1 N–H and O–H groups in total. The molecule has 0 aliphatic rings. The monoisotopic (exact) mass is 394 g/mol.